The number of carboxylic acid groups (broad SMARTS) is 1. The van der Waals surface area contributed by atoms with Crippen LogP contribution in [0.3, 0.4) is 0 Å². The van der Waals surface area contributed by atoms with E-state index in [9.17, 15) is 14.4 Å². The van der Waals surface area contributed by atoms with Gasteiger partial charge in [0.05, 0.1) is 19.1 Å². The first-order valence-corrected chi connectivity index (χ1v) is 15.2. The van der Waals surface area contributed by atoms with Crippen molar-refractivity contribution in [1.82, 2.24) is 0 Å². The Labute approximate surface area is 235 Å². The van der Waals surface area contributed by atoms with Crippen LogP contribution in [0.25, 0.3) is 6.08 Å². The quantitative estimate of drug-likeness (QED) is 0.0857. The maximum Gasteiger partial charge on any atom is 0.334 e. The summed E-state index contributed by atoms with van der Waals surface area (Å²) in [4.78, 5) is 35.8. The van der Waals surface area contributed by atoms with Gasteiger partial charge in [-0.1, -0.05) is 93.8 Å². The molecule has 1 N–H and O–H groups in total. The number of carbonyl (C=O) groups is 3. The molecule has 206 valence electrons. The van der Waals surface area contributed by atoms with Crippen molar-refractivity contribution in [1.29, 1.82) is 0 Å². The monoisotopic (exact) mass is 568 g/mol. The van der Waals surface area contributed by atoms with Gasteiger partial charge in [0.1, 0.15) is 8.78 Å². The molecule has 0 spiro atoms. The summed E-state index contributed by atoms with van der Waals surface area (Å²) in [6, 6.07) is 9.48. The summed E-state index contributed by atoms with van der Waals surface area (Å²) in [5.74, 6) is -1.10. The van der Waals surface area contributed by atoms with Gasteiger partial charge in [-0.25, -0.2) is 4.79 Å². The van der Waals surface area contributed by atoms with Crippen molar-refractivity contribution >= 4 is 63.3 Å². The molecule has 1 aromatic carbocycles. The highest BCUT2D eigenvalue weighted by molar-refractivity contribution is 8.47. The summed E-state index contributed by atoms with van der Waals surface area (Å²) in [5, 5.41) is 8.86. The van der Waals surface area contributed by atoms with Crippen LogP contribution < -0.4 is 0 Å². The van der Waals surface area contributed by atoms with E-state index in [0.717, 1.165) is 53.4 Å². The van der Waals surface area contributed by atoms with Gasteiger partial charge >= 0.3 is 17.9 Å². The van der Waals surface area contributed by atoms with E-state index in [1.807, 2.05) is 44.2 Å². The third kappa shape index (κ3) is 15.9. The molecule has 1 rings (SSSR count). The molecule has 0 aliphatic rings. The number of benzene rings is 1. The van der Waals surface area contributed by atoms with Gasteiger partial charge in [-0.05, 0) is 50.0 Å². The van der Waals surface area contributed by atoms with Crippen LogP contribution >= 0.6 is 35.7 Å². The second kappa shape index (κ2) is 20.2. The third-order valence-corrected chi connectivity index (χ3v) is 8.10. The average Bonchev–Trinajstić information content (AvgIpc) is 2.87. The second-order valence-corrected chi connectivity index (χ2v) is 12.5. The minimum absolute atomic E-state index is 0.219. The molecule has 0 aliphatic heterocycles. The number of thiocarbonyl (C=S) groups is 1. The zero-order chi connectivity index (χ0) is 27.5. The lowest BCUT2D eigenvalue weighted by atomic mass is 9.99. The molecular weight excluding hydrogens is 529 g/mol. The first kappa shape index (κ1) is 33.2. The molecule has 37 heavy (non-hydrogen) atoms. The van der Waals surface area contributed by atoms with Crippen molar-refractivity contribution in [3.63, 3.8) is 0 Å². The molecule has 2 atom stereocenters. The van der Waals surface area contributed by atoms with Gasteiger partial charge in [0.15, 0.2) is 0 Å². The smallest absolute Gasteiger partial charge is 0.334 e. The Morgan fingerprint density at radius 2 is 1.57 bits per heavy atom. The predicted molar refractivity (Wildman–Crippen MR) is 158 cm³/mol. The molecule has 0 saturated heterocycles. The summed E-state index contributed by atoms with van der Waals surface area (Å²) in [7, 11) is 0. The van der Waals surface area contributed by atoms with Gasteiger partial charge in [0.2, 0.25) is 0 Å². The lowest BCUT2D eigenvalue weighted by Gasteiger charge is -2.11. The second-order valence-electron chi connectivity index (χ2n) is 8.73. The Kier molecular flexibility index (Phi) is 18.1. The number of thioether (sulfide) groups is 2. The fourth-order valence-electron chi connectivity index (χ4n) is 3.28. The van der Waals surface area contributed by atoms with Crippen molar-refractivity contribution in [3.8, 4) is 0 Å². The van der Waals surface area contributed by atoms with Crippen LogP contribution in [0.5, 0.6) is 0 Å². The highest BCUT2D eigenvalue weighted by Crippen LogP contribution is 2.22. The normalized spacial score (nSPS) is 13.0. The molecule has 0 fully saturated rings. The molecule has 0 saturated carbocycles. The van der Waals surface area contributed by atoms with Crippen LogP contribution in [0.2, 0.25) is 0 Å². The van der Waals surface area contributed by atoms with Gasteiger partial charge in [-0.2, -0.15) is 0 Å². The van der Waals surface area contributed by atoms with Crippen LogP contribution in [0.4, 0.5) is 0 Å². The van der Waals surface area contributed by atoms with E-state index in [4.69, 9.17) is 26.8 Å². The minimum Gasteiger partial charge on any atom is -0.481 e. The Hall–Kier alpha value is -1.84. The van der Waals surface area contributed by atoms with Gasteiger partial charge in [-0.15, -0.1) is 11.8 Å². The molecule has 0 aromatic heterocycles. The highest BCUT2D eigenvalue weighted by Gasteiger charge is 2.18. The van der Waals surface area contributed by atoms with Crippen LogP contribution in [0.15, 0.2) is 35.9 Å². The van der Waals surface area contributed by atoms with Crippen LogP contribution in [-0.4, -0.2) is 50.8 Å². The number of ether oxygens (including phenoxy) is 2. The first-order valence-electron chi connectivity index (χ1n) is 12.9. The van der Waals surface area contributed by atoms with E-state index in [1.54, 1.807) is 24.8 Å². The van der Waals surface area contributed by atoms with E-state index in [0.29, 0.717) is 31.6 Å². The summed E-state index contributed by atoms with van der Waals surface area (Å²) in [6.45, 7) is 6.25. The lowest BCUT2D eigenvalue weighted by Crippen LogP contribution is -2.18. The van der Waals surface area contributed by atoms with Gasteiger partial charge in [0.25, 0.3) is 0 Å². The number of hydrogen-bond donors (Lipinski definition) is 1. The molecule has 0 aliphatic carbocycles. The summed E-state index contributed by atoms with van der Waals surface area (Å²) < 4.78 is 11.6. The molecule has 0 heterocycles. The molecule has 1 aromatic rings. The fraction of sp³-hybridized carbons (Fsp3) is 0.571. The van der Waals surface area contributed by atoms with Gasteiger partial charge in [-0.3, -0.25) is 9.59 Å². The SMILES string of the molecule is CCSC(=S)SC(C)C(=O)OCCCCCCCCOC(=O)/C(=C/c1ccccc1)CCC(C)C(=O)O. The number of hydrogen-bond acceptors (Lipinski definition) is 8. The maximum atomic E-state index is 12.6. The topological polar surface area (TPSA) is 89.9 Å². The van der Waals surface area contributed by atoms with Crippen molar-refractivity contribution < 1.29 is 29.0 Å². The molecule has 9 heteroatoms. The number of rotatable bonds is 18. The summed E-state index contributed by atoms with van der Waals surface area (Å²) in [5.41, 5.74) is 1.38. The van der Waals surface area contributed by atoms with Crippen molar-refractivity contribution in [2.45, 2.75) is 77.4 Å². The van der Waals surface area contributed by atoms with E-state index in [-0.39, 0.29) is 17.2 Å². The molecule has 0 bridgehead atoms. The average molecular weight is 569 g/mol. The number of carbonyl (C=O) groups excluding carboxylic acids is 2. The highest BCUT2D eigenvalue weighted by atomic mass is 32.2. The van der Waals surface area contributed by atoms with E-state index >= 15 is 0 Å². The summed E-state index contributed by atoms with van der Waals surface area (Å²) in [6.07, 6.45) is 8.08. The van der Waals surface area contributed by atoms with Gasteiger partial charge < -0.3 is 14.6 Å². The predicted octanol–water partition coefficient (Wildman–Crippen LogP) is 7.16. The standard InChI is InChI=1S/C28H40O6S3/c1-4-36-28(35)37-22(3)26(31)33-18-12-7-5-6-8-13-19-34-27(32)24(17-16-21(2)25(29)30)20-23-14-10-9-11-15-23/h9-11,14-15,20-22H,4-8,12-13,16-19H2,1-3H3,(H,29,30)/b24-20+. The van der Waals surface area contributed by atoms with E-state index < -0.39 is 11.9 Å². The minimum atomic E-state index is -0.870. The fourth-order valence-corrected chi connectivity index (χ4v) is 5.82. The number of carboxylic acids is 1. The van der Waals surface area contributed by atoms with Crippen LogP contribution in [0, 0.1) is 5.92 Å². The zero-order valence-corrected chi connectivity index (χ0v) is 24.6. The third-order valence-electron chi connectivity index (χ3n) is 5.55. The Morgan fingerprint density at radius 1 is 0.973 bits per heavy atom. The Balaban J connectivity index is 2.24. The number of esters is 2. The Bertz CT molecular complexity index is 872. The van der Waals surface area contributed by atoms with Crippen molar-refractivity contribution in [2.75, 3.05) is 19.0 Å². The number of aliphatic carboxylic acids is 1. The van der Waals surface area contributed by atoms with E-state index in [2.05, 4.69) is 0 Å². The molecule has 0 radical (unpaired) electrons. The lowest BCUT2D eigenvalue weighted by molar-refractivity contribution is -0.143. The van der Waals surface area contributed by atoms with Gasteiger partial charge in [0, 0.05) is 5.57 Å². The van der Waals surface area contributed by atoms with E-state index in [1.165, 1.54) is 11.8 Å². The first-order chi connectivity index (χ1) is 17.7. The Morgan fingerprint density at radius 3 is 2.16 bits per heavy atom. The number of unbranched alkanes of at least 4 members (excludes halogenated alkanes) is 5. The largest absolute Gasteiger partial charge is 0.481 e. The molecule has 6 nitrogen and oxygen atoms in total. The molecule has 0 amide bonds. The summed E-state index contributed by atoms with van der Waals surface area (Å²) >= 11 is 8.15. The molecule has 2 unspecified atom stereocenters. The van der Waals surface area contributed by atoms with Crippen molar-refractivity contribution in [2.24, 2.45) is 5.92 Å². The maximum absolute atomic E-state index is 12.6. The zero-order valence-electron chi connectivity index (χ0n) is 22.1. The molecular formula is C28H40O6S3. The van der Waals surface area contributed by atoms with Crippen LogP contribution in [-0.2, 0) is 23.9 Å². The van der Waals surface area contributed by atoms with Crippen LogP contribution in [0.1, 0.15) is 77.7 Å². The van der Waals surface area contributed by atoms with Crippen molar-refractivity contribution in [3.05, 3.63) is 41.5 Å².